The molecule has 0 unspecified atom stereocenters. The molecule has 136 valence electrons. The molecule has 0 aliphatic rings. The lowest BCUT2D eigenvalue weighted by Crippen LogP contribution is -2.07. The van der Waals surface area contributed by atoms with Gasteiger partial charge in [0, 0.05) is 12.7 Å². The van der Waals surface area contributed by atoms with Crippen LogP contribution in [-0.4, -0.2) is 0 Å². The van der Waals surface area contributed by atoms with E-state index in [2.05, 4.69) is 32.0 Å². The van der Waals surface area contributed by atoms with E-state index in [0.29, 0.717) is 0 Å². The lowest BCUT2D eigenvalue weighted by atomic mass is 9.96. The molecule has 0 nitrogen and oxygen atoms in total. The van der Waals surface area contributed by atoms with Gasteiger partial charge < -0.3 is 0 Å². The molecule has 2 heteroatoms. The van der Waals surface area contributed by atoms with Crippen molar-refractivity contribution in [2.75, 3.05) is 0 Å². The minimum Gasteiger partial charge on any atom is -0.0654 e. The van der Waals surface area contributed by atoms with Crippen molar-refractivity contribution in [3.63, 3.8) is 0 Å². The van der Waals surface area contributed by atoms with E-state index in [1.54, 1.807) is 11.1 Å². The summed E-state index contributed by atoms with van der Waals surface area (Å²) < 4.78 is 0. The van der Waals surface area contributed by atoms with Crippen LogP contribution in [0.5, 0.6) is 0 Å². The highest BCUT2D eigenvalue weighted by Crippen LogP contribution is 2.18. The smallest absolute Gasteiger partial charge is 0.0162 e. The predicted octanol–water partition coefficient (Wildman–Crippen LogP) is 7.53. The zero-order chi connectivity index (χ0) is 17.5. The van der Waals surface area contributed by atoms with E-state index in [1.807, 2.05) is 0 Å². The third-order valence-electron chi connectivity index (χ3n) is 4.93. The molecule has 0 aromatic heterocycles. The highest BCUT2D eigenvalue weighted by molar-refractivity contribution is 7.99. The van der Waals surface area contributed by atoms with Crippen LogP contribution in [0.4, 0.5) is 0 Å². The highest BCUT2D eigenvalue weighted by Gasteiger charge is 2.07. The van der Waals surface area contributed by atoms with Gasteiger partial charge in [-0.1, -0.05) is 102 Å². The molecule has 0 bridgehead atoms. The van der Waals surface area contributed by atoms with Gasteiger partial charge in [0.2, 0.25) is 0 Å². The molecule has 0 fully saturated rings. The molecule has 0 saturated carbocycles. The maximum atomic E-state index is 5.36. The van der Waals surface area contributed by atoms with Crippen LogP contribution < -0.4 is 5.30 Å². The van der Waals surface area contributed by atoms with Crippen molar-refractivity contribution in [2.45, 2.75) is 104 Å². The maximum Gasteiger partial charge on any atom is 0.0162 e. The molecule has 1 rings (SSSR count). The molecule has 0 aliphatic carbocycles. The molecule has 0 spiro atoms. The Morgan fingerprint density at radius 2 is 1.25 bits per heavy atom. The molecule has 0 aliphatic heterocycles. The molecule has 1 aromatic carbocycles. The van der Waals surface area contributed by atoms with Crippen molar-refractivity contribution in [1.82, 2.24) is 0 Å². The second-order valence-corrected chi connectivity index (χ2v) is 8.25. The number of hydrogen-bond donors (Lipinski definition) is 0. The van der Waals surface area contributed by atoms with Crippen molar-refractivity contribution in [1.29, 1.82) is 0 Å². The topological polar surface area (TPSA) is 0 Å². The molecule has 0 radical (unpaired) electrons. The summed E-state index contributed by atoms with van der Waals surface area (Å²) in [5.74, 6) is 0. The van der Waals surface area contributed by atoms with Gasteiger partial charge in [0.25, 0.3) is 0 Å². The summed E-state index contributed by atoms with van der Waals surface area (Å²) in [6.45, 7) is 4.57. The van der Waals surface area contributed by atoms with E-state index >= 15 is 0 Å². The Labute approximate surface area is 157 Å². The van der Waals surface area contributed by atoms with Gasteiger partial charge in [-0.3, -0.25) is 0 Å². The molecule has 24 heavy (non-hydrogen) atoms. The number of unbranched alkanes of at least 4 members (excludes halogenated alkanes) is 10. The van der Waals surface area contributed by atoms with Gasteiger partial charge >= 0.3 is 0 Å². The summed E-state index contributed by atoms with van der Waals surface area (Å²) in [7, 11) is 1.02. The Hall–Kier alpha value is -0.260. The summed E-state index contributed by atoms with van der Waals surface area (Å²) in [4.78, 5) is 0. The molecule has 0 amide bonds. The molecular formula is C22H37PS. The van der Waals surface area contributed by atoms with Crippen molar-refractivity contribution in [3.05, 3.63) is 29.3 Å². The summed E-state index contributed by atoms with van der Waals surface area (Å²) in [5, 5.41) is 1.39. The van der Waals surface area contributed by atoms with Crippen LogP contribution in [0.3, 0.4) is 0 Å². The zero-order valence-electron chi connectivity index (χ0n) is 16.0. The zero-order valence-corrected chi connectivity index (χ0v) is 17.7. The van der Waals surface area contributed by atoms with E-state index in [1.165, 1.54) is 95.2 Å². The normalized spacial score (nSPS) is 11.2. The second-order valence-electron chi connectivity index (χ2n) is 7.04. The van der Waals surface area contributed by atoms with Gasteiger partial charge in [-0.2, -0.15) is 0 Å². The first-order chi connectivity index (χ1) is 11.8. The van der Waals surface area contributed by atoms with Crippen LogP contribution in [0.15, 0.2) is 18.2 Å². The van der Waals surface area contributed by atoms with E-state index in [4.69, 9.17) is 11.8 Å². The van der Waals surface area contributed by atoms with Gasteiger partial charge in [-0.15, -0.1) is 0 Å². The van der Waals surface area contributed by atoms with Crippen LogP contribution in [-0.2, 0) is 24.6 Å². The van der Waals surface area contributed by atoms with Crippen LogP contribution in [0, 0.1) is 0 Å². The van der Waals surface area contributed by atoms with Gasteiger partial charge in [-0.05, 0) is 42.9 Å². The van der Waals surface area contributed by atoms with Crippen molar-refractivity contribution in [2.24, 2.45) is 0 Å². The van der Waals surface area contributed by atoms with Crippen LogP contribution in [0.2, 0.25) is 0 Å². The van der Waals surface area contributed by atoms with Gasteiger partial charge in [-0.25, -0.2) is 0 Å². The number of hydrogen-bond acceptors (Lipinski definition) is 1. The molecule has 0 heterocycles. The van der Waals surface area contributed by atoms with Crippen LogP contribution in [0.25, 0.3) is 0 Å². The molecule has 0 N–H and O–H groups in total. The summed E-state index contributed by atoms with van der Waals surface area (Å²) >= 11 is 5.36. The van der Waals surface area contributed by atoms with Crippen LogP contribution >= 0.6 is 7.36 Å². The average Bonchev–Trinajstić information content (AvgIpc) is 2.61. The van der Waals surface area contributed by atoms with Crippen molar-refractivity contribution in [3.8, 4) is 0 Å². The monoisotopic (exact) mass is 364 g/mol. The van der Waals surface area contributed by atoms with E-state index in [-0.39, 0.29) is 0 Å². The molecule has 0 atom stereocenters. The quantitative estimate of drug-likeness (QED) is 0.229. The fraction of sp³-hybridized carbons (Fsp3) is 0.727. The Balaban J connectivity index is 2.44. The predicted molar refractivity (Wildman–Crippen MR) is 115 cm³/mol. The molecule has 0 saturated heterocycles. The lowest BCUT2D eigenvalue weighted by Gasteiger charge is -2.12. The Kier molecular flexibility index (Phi) is 13.6. The third-order valence-corrected chi connectivity index (χ3v) is 6.13. The fourth-order valence-electron chi connectivity index (χ4n) is 3.41. The van der Waals surface area contributed by atoms with Gasteiger partial charge in [0.15, 0.2) is 0 Å². The maximum absolute atomic E-state index is 5.36. The minimum atomic E-state index is 1.02. The number of rotatable bonds is 15. The Morgan fingerprint density at radius 1 is 0.708 bits per heavy atom. The highest BCUT2D eigenvalue weighted by atomic mass is 32.4. The lowest BCUT2D eigenvalue weighted by molar-refractivity contribution is 0.599. The summed E-state index contributed by atoms with van der Waals surface area (Å²) in [6.07, 6.45) is 19.0. The first kappa shape index (κ1) is 21.8. The van der Waals surface area contributed by atoms with Crippen molar-refractivity contribution >= 4 is 24.5 Å². The fourth-order valence-corrected chi connectivity index (χ4v) is 4.43. The van der Waals surface area contributed by atoms with Gasteiger partial charge in [0.1, 0.15) is 0 Å². The summed E-state index contributed by atoms with van der Waals surface area (Å²) in [6, 6.07) is 6.81. The van der Waals surface area contributed by atoms with Crippen LogP contribution in [0.1, 0.15) is 102 Å². The summed E-state index contributed by atoms with van der Waals surface area (Å²) in [5.41, 5.74) is 3.16. The average molecular weight is 365 g/mol. The SMILES string of the molecule is CCCCCCCCc1cccc(P=S)c1CCCCCCCC. The standard InChI is InChI=1S/C22H37PS/c1-3-5-7-9-11-13-16-20-17-15-19-22(23-24)21(20)18-14-12-10-8-6-4-2/h15,17,19H,3-14,16,18H2,1-2H3. The number of aryl methyl sites for hydroxylation is 1. The Morgan fingerprint density at radius 3 is 1.83 bits per heavy atom. The first-order valence-electron chi connectivity index (χ1n) is 10.3. The number of benzene rings is 1. The van der Waals surface area contributed by atoms with E-state index < -0.39 is 0 Å². The van der Waals surface area contributed by atoms with Gasteiger partial charge in [0.05, 0.1) is 0 Å². The minimum absolute atomic E-state index is 1.02. The first-order valence-corrected chi connectivity index (χ1v) is 12.2. The largest absolute Gasteiger partial charge is 0.0654 e. The third kappa shape index (κ3) is 9.28. The van der Waals surface area contributed by atoms with E-state index in [9.17, 15) is 0 Å². The van der Waals surface area contributed by atoms with E-state index in [0.717, 1.165) is 7.36 Å². The molecular weight excluding hydrogens is 327 g/mol. The van der Waals surface area contributed by atoms with Crippen molar-refractivity contribution < 1.29 is 0 Å². The second kappa shape index (κ2) is 15.0. The Bertz CT molecular complexity index is 442. The molecule has 1 aromatic rings.